The van der Waals surface area contributed by atoms with Gasteiger partial charge in [0.15, 0.2) is 5.01 Å². The average Bonchev–Trinajstić information content (AvgIpc) is 2.86. The molecule has 0 aromatic carbocycles. The third kappa shape index (κ3) is 2.73. The monoisotopic (exact) mass is 290 g/mol. The lowest BCUT2D eigenvalue weighted by atomic mass is 9.80. The maximum atomic E-state index is 13.7. The summed E-state index contributed by atoms with van der Waals surface area (Å²) in [4.78, 5) is 26.1. The Morgan fingerprint density at radius 3 is 2.74 bits per heavy atom. The van der Waals surface area contributed by atoms with Crippen LogP contribution in [0.1, 0.15) is 17.8 Å². The number of rotatable bonds is 4. The van der Waals surface area contributed by atoms with Crippen LogP contribution in [-0.2, 0) is 20.2 Å². The van der Waals surface area contributed by atoms with E-state index < -0.39 is 22.9 Å². The van der Waals surface area contributed by atoms with E-state index in [0.717, 1.165) is 11.3 Å². The lowest BCUT2D eigenvalue weighted by Crippen LogP contribution is -2.51. The molecule has 0 saturated heterocycles. The zero-order valence-electron chi connectivity index (χ0n) is 10.1. The Labute approximate surface area is 112 Å². The second kappa shape index (κ2) is 5.20. The largest absolute Gasteiger partial charge is 0.469 e. The number of halogens is 2. The second-order valence-electron chi connectivity index (χ2n) is 4.27. The first-order valence-corrected chi connectivity index (χ1v) is 6.49. The van der Waals surface area contributed by atoms with Crippen LogP contribution in [0.2, 0.25) is 0 Å². The van der Waals surface area contributed by atoms with Crippen molar-refractivity contribution in [3.05, 3.63) is 16.6 Å². The van der Waals surface area contributed by atoms with E-state index in [0.29, 0.717) is 12.8 Å². The van der Waals surface area contributed by atoms with Crippen molar-refractivity contribution in [3.63, 3.8) is 0 Å². The Bertz CT molecular complexity index is 472. The Kier molecular flexibility index (Phi) is 3.79. The first-order chi connectivity index (χ1) is 8.95. The van der Waals surface area contributed by atoms with E-state index in [2.05, 4.69) is 15.0 Å². The van der Waals surface area contributed by atoms with Crippen LogP contribution in [0.15, 0.2) is 11.6 Å². The third-order valence-electron chi connectivity index (χ3n) is 2.99. The van der Waals surface area contributed by atoms with Crippen molar-refractivity contribution in [2.24, 2.45) is 5.92 Å². The fourth-order valence-electron chi connectivity index (χ4n) is 1.85. The molecule has 0 unspecified atom stereocenters. The Morgan fingerprint density at radius 1 is 1.53 bits per heavy atom. The van der Waals surface area contributed by atoms with E-state index in [1.807, 2.05) is 0 Å². The molecule has 0 atom stereocenters. The summed E-state index contributed by atoms with van der Waals surface area (Å²) in [6.45, 7) is 0. The molecule has 1 aliphatic rings. The number of amides is 1. The van der Waals surface area contributed by atoms with E-state index >= 15 is 0 Å². The van der Waals surface area contributed by atoms with Crippen molar-refractivity contribution in [1.82, 2.24) is 10.3 Å². The number of nitrogens with one attached hydrogen (secondary N) is 1. The molecule has 1 amide bonds. The Hall–Kier alpha value is -1.57. The van der Waals surface area contributed by atoms with E-state index in [1.165, 1.54) is 18.7 Å². The number of methoxy groups -OCH3 is 1. The molecule has 104 valence electrons. The van der Waals surface area contributed by atoms with Gasteiger partial charge in [-0.1, -0.05) is 0 Å². The molecular formula is C11H12F2N2O3S. The highest BCUT2D eigenvalue weighted by molar-refractivity contribution is 7.09. The summed E-state index contributed by atoms with van der Waals surface area (Å²) in [5.74, 6) is -5.71. The first kappa shape index (κ1) is 13.9. The zero-order valence-corrected chi connectivity index (χ0v) is 10.9. The SMILES string of the molecule is COC(=O)C1CC(NC(=O)C(F)(F)c2nccs2)C1. The van der Waals surface area contributed by atoms with Crippen LogP contribution in [0.3, 0.4) is 0 Å². The van der Waals surface area contributed by atoms with Crippen molar-refractivity contribution >= 4 is 23.2 Å². The van der Waals surface area contributed by atoms with E-state index in [9.17, 15) is 18.4 Å². The molecule has 1 aliphatic carbocycles. The maximum Gasteiger partial charge on any atom is 0.375 e. The van der Waals surface area contributed by atoms with Gasteiger partial charge in [-0.2, -0.15) is 8.78 Å². The van der Waals surface area contributed by atoms with E-state index in [-0.39, 0.29) is 11.9 Å². The Balaban J connectivity index is 1.88. The minimum absolute atomic E-state index is 0.316. The molecule has 0 spiro atoms. The fraction of sp³-hybridized carbons (Fsp3) is 0.545. The van der Waals surface area contributed by atoms with Crippen LogP contribution in [0.4, 0.5) is 8.78 Å². The lowest BCUT2D eigenvalue weighted by Gasteiger charge is -2.34. The summed E-state index contributed by atoms with van der Waals surface area (Å²) >= 11 is 0.724. The Morgan fingerprint density at radius 2 is 2.21 bits per heavy atom. The molecule has 2 rings (SSSR count). The van der Waals surface area contributed by atoms with Crippen molar-refractivity contribution in [3.8, 4) is 0 Å². The van der Waals surface area contributed by atoms with Crippen LogP contribution in [-0.4, -0.2) is 30.0 Å². The predicted molar refractivity (Wildman–Crippen MR) is 62.7 cm³/mol. The predicted octanol–water partition coefficient (Wildman–Crippen LogP) is 1.30. The standard InChI is InChI=1S/C11H12F2N2O3S/c1-18-8(16)6-4-7(5-6)15-9(17)11(12,13)10-14-2-3-19-10/h2-3,6-7H,4-5H2,1H3,(H,15,17). The van der Waals surface area contributed by atoms with Gasteiger partial charge in [0.05, 0.1) is 13.0 Å². The molecule has 0 aliphatic heterocycles. The number of thiazole rings is 1. The van der Waals surface area contributed by atoms with Crippen molar-refractivity contribution < 1.29 is 23.1 Å². The normalized spacial score (nSPS) is 22.5. The topological polar surface area (TPSA) is 68.3 Å². The smallest absolute Gasteiger partial charge is 0.375 e. The molecule has 5 nitrogen and oxygen atoms in total. The molecular weight excluding hydrogens is 278 g/mol. The number of ether oxygens (including phenoxy) is 1. The van der Waals surface area contributed by atoms with Crippen LogP contribution >= 0.6 is 11.3 Å². The molecule has 1 saturated carbocycles. The van der Waals surface area contributed by atoms with Crippen molar-refractivity contribution in [2.75, 3.05) is 7.11 Å². The summed E-state index contributed by atoms with van der Waals surface area (Å²) < 4.78 is 31.9. The van der Waals surface area contributed by atoms with Crippen molar-refractivity contribution in [1.29, 1.82) is 0 Å². The highest BCUT2D eigenvalue weighted by atomic mass is 32.1. The number of alkyl halides is 2. The summed E-state index contributed by atoms with van der Waals surface area (Å²) in [6.07, 6.45) is 1.87. The van der Waals surface area contributed by atoms with Crippen molar-refractivity contribution in [2.45, 2.75) is 24.8 Å². The van der Waals surface area contributed by atoms with Gasteiger partial charge in [-0.25, -0.2) is 4.98 Å². The minimum Gasteiger partial charge on any atom is -0.469 e. The quantitative estimate of drug-likeness (QED) is 0.849. The molecule has 1 aromatic heterocycles. The third-order valence-corrected chi connectivity index (χ3v) is 3.84. The van der Waals surface area contributed by atoms with Crippen LogP contribution in [0, 0.1) is 5.92 Å². The molecule has 0 radical (unpaired) electrons. The summed E-state index contributed by atoms with van der Waals surface area (Å²) in [5, 5.41) is 3.07. The van der Waals surface area contributed by atoms with E-state index in [1.54, 1.807) is 0 Å². The van der Waals surface area contributed by atoms with Gasteiger partial charge in [-0.05, 0) is 12.8 Å². The van der Waals surface area contributed by atoms with Gasteiger partial charge in [0.2, 0.25) is 0 Å². The summed E-state index contributed by atoms with van der Waals surface area (Å²) in [5.41, 5.74) is 0. The minimum atomic E-state index is -3.63. The average molecular weight is 290 g/mol. The maximum absolute atomic E-state index is 13.7. The van der Waals surface area contributed by atoms with Gasteiger partial charge >= 0.3 is 11.9 Å². The van der Waals surface area contributed by atoms with Crippen LogP contribution in [0.5, 0.6) is 0 Å². The van der Waals surface area contributed by atoms with Gasteiger partial charge < -0.3 is 10.1 Å². The van der Waals surface area contributed by atoms with Gasteiger partial charge in [0.1, 0.15) is 0 Å². The number of carbonyl (C=O) groups excluding carboxylic acids is 2. The van der Waals surface area contributed by atoms with Gasteiger partial charge in [-0.3, -0.25) is 9.59 Å². The van der Waals surface area contributed by atoms with Crippen LogP contribution < -0.4 is 5.32 Å². The van der Waals surface area contributed by atoms with Gasteiger partial charge in [-0.15, -0.1) is 11.3 Å². The summed E-state index contributed by atoms with van der Waals surface area (Å²) in [6, 6.07) is -0.414. The molecule has 1 fully saturated rings. The van der Waals surface area contributed by atoms with E-state index in [4.69, 9.17) is 0 Å². The molecule has 1 N–H and O–H groups in total. The molecule has 8 heteroatoms. The molecule has 0 bridgehead atoms. The molecule has 19 heavy (non-hydrogen) atoms. The molecule has 1 aromatic rings. The number of nitrogens with zero attached hydrogens (tertiary/aromatic N) is 1. The van der Waals surface area contributed by atoms with Gasteiger partial charge in [0.25, 0.3) is 5.91 Å². The van der Waals surface area contributed by atoms with Gasteiger partial charge in [0, 0.05) is 17.6 Å². The number of carbonyl (C=O) groups is 2. The second-order valence-corrected chi connectivity index (χ2v) is 5.17. The highest BCUT2D eigenvalue weighted by Gasteiger charge is 2.46. The highest BCUT2D eigenvalue weighted by Crippen LogP contribution is 2.33. The first-order valence-electron chi connectivity index (χ1n) is 5.61. The van der Waals surface area contributed by atoms with Crippen LogP contribution in [0.25, 0.3) is 0 Å². The number of aromatic nitrogens is 1. The zero-order chi connectivity index (χ0) is 14.0. The lowest BCUT2D eigenvalue weighted by molar-refractivity contribution is -0.154. The number of hydrogen-bond donors (Lipinski definition) is 1. The number of hydrogen-bond acceptors (Lipinski definition) is 5. The number of esters is 1. The summed E-state index contributed by atoms with van der Waals surface area (Å²) in [7, 11) is 1.27. The fourth-order valence-corrected chi connectivity index (χ4v) is 2.46. The molecule has 1 heterocycles.